The molecule has 0 saturated heterocycles. The Morgan fingerprint density at radius 1 is 1.53 bits per heavy atom. The Bertz CT molecular complexity index is 628. The Balaban J connectivity index is 1.93. The summed E-state index contributed by atoms with van der Waals surface area (Å²) in [6.07, 6.45) is 0. The second-order valence-electron chi connectivity index (χ2n) is 5.01. The maximum atomic E-state index is 12.0. The van der Waals surface area contributed by atoms with E-state index in [1.165, 1.54) is 0 Å². The average Bonchev–Trinajstić information content (AvgIpc) is 2.75. The van der Waals surface area contributed by atoms with Crippen LogP contribution in [-0.2, 0) is 0 Å². The van der Waals surface area contributed by atoms with E-state index in [0.717, 1.165) is 22.0 Å². The standard InChI is InChI=1S/C12H13N3O2/c1-12(2,5-16)13-11(17)10-8-4-6-3-7(6)9(8)14-15-10/h3-4,16H,5H2,1-2H3,(H,13,17)(H,14,15). The molecular formula is C12H13N3O2. The lowest BCUT2D eigenvalue weighted by Gasteiger charge is -2.22. The number of benzene rings is 1. The molecule has 0 unspecified atom stereocenters. The van der Waals surface area contributed by atoms with E-state index in [-0.39, 0.29) is 12.5 Å². The van der Waals surface area contributed by atoms with Crippen LogP contribution in [0.4, 0.5) is 0 Å². The summed E-state index contributed by atoms with van der Waals surface area (Å²) in [5, 5.41) is 19.6. The molecule has 3 rings (SSSR count). The number of hydrogen-bond acceptors (Lipinski definition) is 3. The van der Waals surface area contributed by atoms with Crippen molar-refractivity contribution in [2.45, 2.75) is 19.4 Å². The highest BCUT2D eigenvalue weighted by Gasteiger charge is 2.27. The highest BCUT2D eigenvalue weighted by Crippen LogP contribution is 2.42. The van der Waals surface area contributed by atoms with E-state index in [9.17, 15) is 4.79 Å². The van der Waals surface area contributed by atoms with Gasteiger partial charge in [0.2, 0.25) is 0 Å². The molecule has 1 amide bonds. The van der Waals surface area contributed by atoms with E-state index in [1.54, 1.807) is 13.8 Å². The van der Waals surface area contributed by atoms with Gasteiger partial charge in [0.1, 0.15) is 11.2 Å². The topological polar surface area (TPSA) is 78.0 Å². The first kappa shape index (κ1) is 10.3. The molecule has 0 bridgehead atoms. The molecule has 5 heteroatoms. The number of aliphatic hydroxyl groups is 1. The lowest BCUT2D eigenvalue weighted by Crippen LogP contribution is -2.46. The minimum atomic E-state index is -0.636. The second kappa shape index (κ2) is 3.07. The molecule has 5 nitrogen and oxygen atoms in total. The van der Waals surface area contributed by atoms with Crippen molar-refractivity contribution in [1.82, 2.24) is 15.5 Å². The van der Waals surface area contributed by atoms with Crippen LogP contribution in [0.1, 0.15) is 24.3 Å². The first-order valence-electron chi connectivity index (χ1n) is 5.48. The molecule has 1 aromatic rings. The quantitative estimate of drug-likeness (QED) is 0.630. The lowest BCUT2D eigenvalue weighted by atomic mass is 10.1. The molecule has 0 atom stereocenters. The number of aromatic nitrogens is 2. The second-order valence-corrected chi connectivity index (χ2v) is 5.01. The maximum absolute atomic E-state index is 12.0. The molecule has 2 aliphatic carbocycles. The van der Waals surface area contributed by atoms with E-state index in [4.69, 9.17) is 5.11 Å². The summed E-state index contributed by atoms with van der Waals surface area (Å²) in [6, 6.07) is 3.98. The maximum Gasteiger partial charge on any atom is 0.270 e. The number of carbonyl (C=O) groups excluding carboxylic acids is 1. The van der Waals surface area contributed by atoms with Crippen LogP contribution < -0.4 is 5.32 Å². The van der Waals surface area contributed by atoms with Crippen molar-refractivity contribution in [2.24, 2.45) is 0 Å². The van der Waals surface area contributed by atoms with E-state index >= 15 is 0 Å². The third-order valence-electron chi connectivity index (χ3n) is 2.96. The zero-order valence-corrected chi connectivity index (χ0v) is 9.66. The van der Waals surface area contributed by atoms with Crippen LogP contribution >= 0.6 is 0 Å². The molecule has 0 aromatic carbocycles. The van der Waals surface area contributed by atoms with Gasteiger partial charge in [0, 0.05) is 10.9 Å². The Morgan fingerprint density at radius 2 is 2.29 bits per heavy atom. The fourth-order valence-electron chi connectivity index (χ4n) is 1.88. The van der Waals surface area contributed by atoms with E-state index < -0.39 is 5.54 Å². The van der Waals surface area contributed by atoms with Crippen LogP contribution in [0.2, 0.25) is 0 Å². The van der Waals surface area contributed by atoms with Crippen molar-refractivity contribution in [3.63, 3.8) is 0 Å². The van der Waals surface area contributed by atoms with Crippen LogP contribution in [0.5, 0.6) is 0 Å². The number of hydrogen-bond donors (Lipinski definition) is 3. The number of H-pyrrole nitrogens is 1. The van der Waals surface area contributed by atoms with Gasteiger partial charge in [-0.25, -0.2) is 0 Å². The van der Waals surface area contributed by atoms with E-state index in [2.05, 4.69) is 15.5 Å². The highest BCUT2D eigenvalue weighted by molar-refractivity contribution is 6.14. The number of carbonyl (C=O) groups is 1. The number of aromatic amines is 1. The van der Waals surface area contributed by atoms with Crippen LogP contribution in [-0.4, -0.2) is 33.4 Å². The van der Waals surface area contributed by atoms with Crippen molar-refractivity contribution < 1.29 is 9.90 Å². The predicted octanol–water partition coefficient (Wildman–Crippen LogP) is 1.04. The van der Waals surface area contributed by atoms with Gasteiger partial charge >= 0.3 is 0 Å². The zero-order valence-electron chi connectivity index (χ0n) is 9.66. The van der Waals surface area contributed by atoms with Gasteiger partial charge in [-0.05, 0) is 31.5 Å². The van der Waals surface area contributed by atoms with Gasteiger partial charge in [-0.15, -0.1) is 0 Å². The molecule has 0 aliphatic heterocycles. The third-order valence-corrected chi connectivity index (χ3v) is 2.96. The fraction of sp³-hybridized carbons (Fsp3) is 0.333. The minimum absolute atomic E-state index is 0.110. The number of rotatable bonds is 3. The van der Waals surface area contributed by atoms with Crippen molar-refractivity contribution in [3.8, 4) is 11.1 Å². The van der Waals surface area contributed by atoms with Gasteiger partial charge < -0.3 is 10.4 Å². The SMILES string of the molecule is CC(C)(CO)NC(=O)c1[nH]nc2c3cc-3cc12. The normalized spacial score (nSPS) is 12.9. The van der Waals surface area contributed by atoms with Crippen LogP contribution in [0.3, 0.4) is 0 Å². The average molecular weight is 231 g/mol. The van der Waals surface area contributed by atoms with Crippen molar-refractivity contribution >= 4 is 16.8 Å². The molecule has 0 saturated carbocycles. The van der Waals surface area contributed by atoms with E-state index in [1.807, 2.05) is 12.1 Å². The molecule has 2 aliphatic rings. The summed E-state index contributed by atoms with van der Waals surface area (Å²) >= 11 is 0. The molecule has 1 heterocycles. The van der Waals surface area contributed by atoms with Gasteiger partial charge in [0.25, 0.3) is 5.91 Å². The zero-order chi connectivity index (χ0) is 12.2. The largest absolute Gasteiger partial charge is 0.394 e. The van der Waals surface area contributed by atoms with Crippen LogP contribution in [0.15, 0.2) is 12.1 Å². The molecule has 0 fully saturated rings. The Labute approximate surface area is 97.8 Å². The van der Waals surface area contributed by atoms with Gasteiger partial charge in [-0.3, -0.25) is 9.89 Å². The summed E-state index contributed by atoms with van der Waals surface area (Å²) in [4.78, 5) is 12.0. The lowest BCUT2D eigenvalue weighted by molar-refractivity contribution is 0.0866. The molecule has 3 N–H and O–H groups in total. The van der Waals surface area contributed by atoms with Crippen molar-refractivity contribution in [1.29, 1.82) is 0 Å². The molecule has 88 valence electrons. The summed E-state index contributed by atoms with van der Waals surface area (Å²) in [5.41, 5.74) is 2.96. The van der Waals surface area contributed by atoms with Crippen LogP contribution in [0.25, 0.3) is 22.0 Å². The number of amides is 1. The van der Waals surface area contributed by atoms with E-state index in [0.29, 0.717) is 5.69 Å². The smallest absolute Gasteiger partial charge is 0.270 e. The first-order valence-corrected chi connectivity index (χ1v) is 5.48. The monoisotopic (exact) mass is 231 g/mol. The van der Waals surface area contributed by atoms with Crippen LogP contribution in [0, 0.1) is 0 Å². The fourth-order valence-corrected chi connectivity index (χ4v) is 1.88. The van der Waals surface area contributed by atoms with Gasteiger partial charge in [0.15, 0.2) is 0 Å². The van der Waals surface area contributed by atoms with Gasteiger partial charge in [-0.2, -0.15) is 5.10 Å². The van der Waals surface area contributed by atoms with Gasteiger partial charge in [0.05, 0.1) is 12.1 Å². The number of fused-ring (bicyclic) bond motifs is 3. The number of nitrogens with one attached hydrogen (secondary N) is 2. The summed E-state index contributed by atoms with van der Waals surface area (Å²) in [7, 11) is 0. The predicted molar refractivity (Wildman–Crippen MR) is 63.7 cm³/mol. The summed E-state index contributed by atoms with van der Waals surface area (Å²) in [5.74, 6) is -0.239. The Morgan fingerprint density at radius 3 is 3.00 bits per heavy atom. The summed E-state index contributed by atoms with van der Waals surface area (Å²) in [6.45, 7) is 3.42. The highest BCUT2D eigenvalue weighted by atomic mass is 16.3. The molecule has 1 aromatic heterocycles. The number of aliphatic hydroxyl groups excluding tert-OH is 1. The minimum Gasteiger partial charge on any atom is -0.394 e. The molecular weight excluding hydrogens is 218 g/mol. The summed E-state index contributed by atoms with van der Waals surface area (Å²) < 4.78 is 0. The van der Waals surface area contributed by atoms with Gasteiger partial charge in [-0.1, -0.05) is 0 Å². The Kier molecular flexibility index (Phi) is 1.86. The molecule has 17 heavy (non-hydrogen) atoms. The Hall–Kier alpha value is -1.88. The van der Waals surface area contributed by atoms with Crippen molar-refractivity contribution in [2.75, 3.05) is 6.61 Å². The molecule has 0 spiro atoms. The first-order chi connectivity index (χ1) is 8.02. The molecule has 0 radical (unpaired) electrons. The number of nitrogens with zero attached hydrogens (tertiary/aromatic N) is 1. The third kappa shape index (κ3) is 1.51. The van der Waals surface area contributed by atoms with Crippen molar-refractivity contribution in [3.05, 3.63) is 17.8 Å².